The molecule has 2 N–H and O–H groups in total. The third kappa shape index (κ3) is 4.73. The van der Waals surface area contributed by atoms with E-state index in [0.29, 0.717) is 24.9 Å². The number of carbonyl (C=O) groups excluding carboxylic acids is 1. The lowest BCUT2D eigenvalue weighted by atomic mass is 10.1. The maximum Gasteiger partial charge on any atom is 0.433 e. The van der Waals surface area contributed by atoms with E-state index in [0.717, 1.165) is 6.07 Å². The highest BCUT2D eigenvalue weighted by Gasteiger charge is 2.34. The number of likely N-dealkylation sites (tertiary alicyclic amines) is 1. The van der Waals surface area contributed by atoms with Crippen LogP contribution in [-0.4, -0.2) is 40.0 Å². The van der Waals surface area contributed by atoms with Crippen molar-refractivity contribution >= 4 is 5.91 Å². The highest BCUT2D eigenvalue weighted by molar-refractivity contribution is 5.93. The van der Waals surface area contributed by atoms with Crippen LogP contribution in [0.1, 0.15) is 34.5 Å². The summed E-state index contributed by atoms with van der Waals surface area (Å²) in [5, 5.41) is 0. The van der Waals surface area contributed by atoms with Gasteiger partial charge in [0.25, 0.3) is 5.91 Å². The van der Waals surface area contributed by atoms with Crippen molar-refractivity contribution in [2.45, 2.75) is 31.7 Å². The number of ether oxygens (including phenoxy) is 1. The molecule has 2 aromatic heterocycles. The molecule has 1 aliphatic rings. The molecule has 0 aliphatic carbocycles. The van der Waals surface area contributed by atoms with Crippen LogP contribution in [0.3, 0.4) is 0 Å². The van der Waals surface area contributed by atoms with Crippen molar-refractivity contribution in [1.82, 2.24) is 14.9 Å². The fourth-order valence-corrected chi connectivity index (χ4v) is 2.94. The smallest absolute Gasteiger partial charge is 0.433 e. The number of amides is 1. The highest BCUT2D eigenvalue weighted by atomic mass is 19.4. The zero-order valence-corrected chi connectivity index (χ0v) is 14.4. The van der Waals surface area contributed by atoms with Crippen LogP contribution in [0.4, 0.5) is 13.2 Å². The minimum atomic E-state index is -4.59. The third-order valence-electron chi connectivity index (χ3n) is 4.25. The number of aromatic nitrogens is 2. The quantitative estimate of drug-likeness (QED) is 0.882. The Morgan fingerprint density at radius 1 is 1.37 bits per heavy atom. The number of rotatable bonds is 4. The van der Waals surface area contributed by atoms with Crippen LogP contribution in [0.2, 0.25) is 0 Å². The predicted octanol–water partition coefficient (Wildman–Crippen LogP) is 2.64. The van der Waals surface area contributed by atoms with Gasteiger partial charge in [-0.3, -0.25) is 9.78 Å². The summed E-state index contributed by atoms with van der Waals surface area (Å²) >= 11 is 0. The van der Waals surface area contributed by atoms with E-state index in [1.54, 1.807) is 23.2 Å². The molecule has 9 heteroatoms. The lowest BCUT2D eigenvalue weighted by Crippen LogP contribution is -2.44. The first-order chi connectivity index (χ1) is 12.9. The number of halogens is 3. The van der Waals surface area contributed by atoms with Gasteiger partial charge < -0.3 is 15.4 Å². The Morgan fingerprint density at radius 3 is 2.85 bits per heavy atom. The first-order valence-corrected chi connectivity index (χ1v) is 8.51. The average Bonchev–Trinajstić information content (AvgIpc) is 2.67. The van der Waals surface area contributed by atoms with Gasteiger partial charge in [-0.15, -0.1) is 0 Å². The van der Waals surface area contributed by atoms with Crippen LogP contribution in [-0.2, 0) is 12.7 Å². The Bertz CT molecular complexity index is 799. The Morgan fingerprint density at radius 2 is 2.19 bits per heavy atom. The second kappa shape index (κ2) is 7.91. The van der Waals surface area contributed by atoms with E-state index in [1.165, 1.54) is 12.3 Å². The molecule has 27 heavy (non-hydrogen) atoms. The zero-order valence-electron chi connectivity index (χ0n) is 14.4. The van der Waals surface area contributed by atoms with Crippen molar-refractivity contribution in [3.63, 3.8) is 0 Å². The van der Waals surface area contributed by atoms with Gasteiger partial charge in [0.2, 0.25) is 5.88 Å². The van der Waals surface area contributed by atoms with E-state index in [1.807, 2.05) is 0 Å². The number of carbonyl (C=O) groups is 1. The van der Waals surface area contributed by atoms with Crippen LogP contribution in [0, 0.1) is 0 Å². The van der Waals surface area contributed by atoms with Crippen molar-refractivity contribution in [1.29, 1.82) is 0 Å². The van der Waals surface area contributed by atoms with Gasteiger partial charge in [0.15, 0.2) is 0 Å². The maximum atomic E-state index is 13.0. The maximum absolute atomic E-state index is 13.0. The molecule has 1 aliphatic heterocycles. The van der Waals surface area contributed by atoms with Crippen LogP contribution < -0.4 is 10.5 Å². The van der Waals surface area contributed by atoms with Gasteiger partial charge in [0, 0.05) is 31.5 Å². The number of piperidine rings is 1. The zero-order chi connectivity index (χ0) is 19.4. The highest BCUT2D eigenvalue weighted by Crippen LogP contribution is 2.30. The molecule has 0 bridgehead atoms. The summed E-state index contributed by atoms with van der Waals surface area (Å²) in [6.07, 6.45) is -0.674. The molecule has 0 spiro atoms. The van der Waals surface area contributed by atoms with E-state index in [9.17, 15) is 18.0 Å². The SMILES string of the molecule is NCc1cc(OC2CCCN(C(=O)c3cccnc3)C2)nc(C(F)(F)F)c1. The number of alkyl halides is 3. The molecule has 1 unspecified atom stereocenters. The summed E-state index contributed by atoms with van der Waals surface area (Å²) in [5.74, 6) is -0.318. The van der Waals surface area contributed by atoms with E-state index in [2.05, 4.69) is 9.97 Å². The Labute approximate surface area is 154 Å². The predicted molar refractivity (Wildman–Crippen MR) is 90.9 cm³/mol. The molecular formula is C18H19F3N4O2. The summed E-state index contributed by atoms with van der Waals surface area (Å²) in [4.78, 5) is 21.6. The van der Waals surface area contributed by atoms with Crippen molar-refractivity contribution < 1.29 is 22.7 Å². The lowest BCUT2D eigenvalue weighted by molar-refractivity contribution is -0.141. The van der Waals surface area contributed by atoms with Gasteiger partial charge in [-0.2, -0.15) is 13.2 Å². The number of hydrogen-bond donors (Lipinski definition) is 1. The second-order valence-electron chi connectivity index (χ2n) is 6.28. The third-order valence-corrected chi connectivity index (χ3v) is 4.25. The van der Waals surface area contributed by atoms with Crippen molar-refractivity contribution in [3.8, 4) is 5.88 Å². The largest absolute Gasteiger partial charge is 0.472 e. The molecule has 1 atom stereocenters. The van der Waals surface area contributed by atoms with Crippen LogP contribution in [0.5, 0.6) is 5.88 Å². The first kappa shape index (κ1) is 19.1. The lowest BCUT2D eigenvalue weighted by Gasteiger charge is -2.32. The Balaban J connectivity index is 1.73. The standard InChI is InChI=1S/C18H19F3N4O2/c19-18(20,21)15-7-12(9-22)8-16(24-15)27-14-4-2-6-25(11-14)17(26)13-3-1-5-23-10-13/h1,3,5,7-8,10,14H,2,4,6,9,11,22H2. The number of nitrogens with two attached hydrogens (primary N) is 1. The van der Waals surface area contributed by atoms with Gasteiger partial charge >= 0.3 is 6.18 Å². The van der Waals surface area contributed by atoms with E-state index in [4.69, 9.17) is 10.5 Å². The van der Waals surface area contributed by atoms with Gasteiger partial charge in [0.05, 0.1) is 12.1 Å². The molecule has 2 aromatic rings. The van der Waals surface area contributed by atoms with Crippen molar-refractivity contribution in [3.05, 3.63) is 53.5 Å². The fourth-order valence-electron chi connectivity index (χ4n) is 2.94. The molecular weight excluding hydrogens is 361 g/mol. The molecule has 3 heterocycles. The normalized spacial score (nSPS) is 17.6. The van der Waals surface area contributed by atoms with Crippen LogP contribution in [0.15, 0.2) is 36.7 Å². The molecule has 0 aromatic carbocycles. The summed E-state index contributed by atoms with van der Waals surface area (Å²) in [6.45, 7) is 0.763. The van der Waals surface area contributed by atoms with Gasteiger partial charge in [0.1, 0.15) is 11.8 Å². The van der Waals surface area contributed by atoms with Gasteiger partial charge in [-0.05, 0) is 36.6 Å². The summed E-state index contributed by atoms with van der Waals surface area (Å²) in [6, 6.07) is 5.65. The Kier molecular flexibility index (Phi) is 5.59. The average molecular weight is 380 g/mol. The molecule has 0 radical (unpaired) electrons. The van der Waals surface area contributed by atoms with E-state index >= 15 is 0 Å². The summed E-state index contributed by atoms with van der Waals surface area (Å²) in [7, 11) is 0. The molecule has 6 nitrogen and oxygen atoms in total. The minimum absolute atomic E-state index is 0.0573. The van der Waals surface area contributed by atoms with Crippen LogP contribution in [0.25, 0.3) is 0 Å². The second-order valence-corrected chi connectivity index (χ2v) is 6.28. The van der Waals surface area contributed by atoms with Crippen LogP contribution >= 0.6 is 0 Å². The summed E-state index contributed by atoms with van der Waals surface area (Å²) < 4.78 is 44.7. The van der Waals surface area contributed by atoms with Crippen molar-refractivity contribution in [2.24, 2.45) is 5.73 Å². The van der Waals surface area contributed by atoms with Gasteiger partial charge in [-0.1, -0.05) is 0 Å². The van der Waals surface area contributed by atoms with Crippen molar-refractivity contribution in [2.75, 3.05) is 13.1 Å². The fraction of sp³-hybridized carbons (Fsp3) is 0.389. The molecule has 144 valence electrons. The topological polar surface area (TPSA) is 81.3 Å². The van der Waals surface area contributed by atoms with Gasteiger partial charge in [-0.25, -0.2) is 4.98 Å². The van der Waals surface area contributed by atoms with E-state index < -0.39 is 18.0 Å². The molecule has 0 saturated carbocycles. The first-order valence-electron chi connectivity index (χ1n) is 8.51. The summed E-state index contributed by atoms with van der Waals surface area (Å²) in [5.41, 5.74) is 5.18. The molecule has 3 rings (SSSR count). The molecule has 1 fully saturated rings. The molecule has 1 saturated heterocycles. The molecule has 1 amide bonds. The number of nitrogens with zero attached hydrogens (tertiary/aromatic N) is 3. The number of hydrogen-bond acceptors (Lipinski definition) is 5. The minimum Gasteiger partial charge on any atom is -0.472 e. The Hall–Kier alpha value is -2.68. The number of pyridine rings is 2. The van der Waals surface area contributed by atoms with E-state index in [-0.39, 0.29) is 30.4 Å². The monoisotopic (exact) mass is 380 g/mol.